The van der Waals surface area contributed by atoms with Crippen molar-refractivity contribution in [1.82, 2.24) is 0 Å². The molecule has 1 fully saturated rings. The van der Waals surface area contributed by atoms with E-state index in [0.717, 1.165) is 37.5 Å². The summed E-state index contributed by atoms with van der Waals surface area (Å²) in [5.41, 5.74) is 8.42. The molecule has 106 valence electrons. The number of ether oxygens (including phenoxy) is 2. The van der Waals surface area contributed by atoms with Crippen molar-refractivity contribution >= 4 is 5.69 Å². The van der Waals surface area contributed by atoms with Crippen LogP contribution in [0.25, 0.3) is 0 Å². The van der Waals surface area contributed by atoms with E-state index in [-0.39, 0.29) is 6.04 Å². The number of anilines is 1. The third-order valence-corrected chi connectivity index (χ3v) is 3.73. The van der Waals surface area contributed by atoms with Gasteiger partial charge in [0.25, 0.3) is 0 Å². The summed E-state index contributed by atoms with van der Waals surface area (Å²) in [6, 6.07) is 6.51. The maximum atomic E-state index is 6.15. The molecule has 1 aromatic rings. The van der Waals surface area contributed by atoms with Crippen LogP contribution < -0.4 is 15.4 Å². The van der Waals surface area contributed by atoms with Crippen molar-refractivity contribution in [3.05, 3.63) is 23.8 Å². The van der Waals surface area contributed by atoms with Crippen molar-refractivity contribution in [3.63, 3.8) is 0 Å². The van der Waals surface area contributed by atoms with Gasteiger partial charge in [-0.3, -0.25) is 0 Å². The molecule has 0 amide bonds. The van der Waals surface area contributed by atoms with Crippen LogP contribution in [0, 0.1) is 0 Å². The Morgan fingerprint density at radius 3 is 2.95 bits per heavy atom. The molecule has 0 spiro atoms. The molecule has 1 aliphatic rings. The van der Waals surface area contributed by atoms with Gasteiger partial charge < -0.3 is 20.1 Å². The van der Waals surface area contributed by atoms with Crippen molar-refractivity contribution in [2.45, 2.75) is 32.4 Å². The molecule has 19 heavy (non-hydrogen) atoms. The van der Waals surface area contributed by atoms with Crippen molar-refractivity contribution in [3.8, 4) is 5.75 Å². The molecule has 0 aromatic heterocycles. The molecule has 0 aliphatic carbocycles. The van der Waals surface area contributed by atoms with Gasteiger partial charge in [-0.1, -0.05) is 13.0 Å². The first-order valence-corrected chi connectivity index (χ1v) is 6.95. The molecule has 1 aliphatic heterocycles. The Hall–Kier alpha value is -1.26. The fraction of sp³-hybridized carbons (Fsp3) is 0.600. The van der Waals surface area contributed by atoms with Crippen LogP contribution in [0.15, 0.2) is 18.2 Å². The van der Waals surface area contributed by atoms with Gasteiger partial charge in [0, 0.05) is 23.8 Å². The Morgan fingerprint density at radius 2 is 2.32 bits per heavy atom. The Morgan fingerprint density at radius 1 is 1.53 bits per heavy atom. The molecular weight excluding hydrogens is 240 g/mol. The van der Waals surface area contributed by atoms with Crippen molar-refractivity contribution in [2.24, 2.45) is 5.73 Å². The molecule has 4 nitrogen and oxygen atoms in total. The van der Waals surface area contributed by atoms with Crippen LogP contribution in [0.2, 0.25) is 0 Å². The van der Waals surface area contributed by atoms with Crippen molar-refractivity contribution in [1.29, 1.82) is 0 Å². The van der Waals surface area contributed by atoms with Gasteiger partial charge in [0.1, 0.15) is 5.75 Å². The maximum absolute atomic E-state index is 6.15. The molecule has 0 saturated carbocycles. The first-order chi connectivity index (χ1) is 9.19. The molecule has 2 rings (SSSR count). The molecule has 1 unspecified atom stereocenters. The molecule has 4 heteroatoms. The minimum atomic E-state index is -0.0495. The topological polar surface area (TPSA) is 47.7 Å². The van der Waals surface area contributed by atoms with E-state index >= 15 is 0 Å². The highest BCUT2D eigenvalue weighted by atomic mass is 16.5. The van der Waals surface area contributed by atoms with Gasteiger partial charge in [0.05, 0.1) is 26.4 Å². The second-order valence-corrected chi connectivity index (χ2v) is 5.01. The summed E-state index contributed by atoms with van der Waals surface area (Å²) in [5, 5.41) is 0. The highest BCUT2D eigenvalue weighted by molar-refractivity contribution is 5.61. The SMILES string of the molecule is CCC1COCCN1c1cccc(OC)c1[C@H](C)N. The lowest BCUT2D eigenvalue weighted by molar-refractivity contribution is 0.0928. The monoisotopic (exact) mass is 264 g/mol. The third-order valence-electron chi connectivity index (χ3n) is 3.73. The predicted octanol–water partition coefficient (Wildman–Crippen LogP) is 2.33. The molecule has 1 saturated heterocycles. The first kappa shape index (κ1) is 14.2. The highest BCUT2D eigenvalue weighted by Gasteiger charge is 2.25. The predicted molar refractivity (Wildman–Crippen MR) is 77.8 cm³/mol. The summed E-state index contributed by atoms with van der Waals surface area (Å²) in [4.78, 5) is 2.41. The van der Waals surface area contributed by atoms with Gasteiger partial charge in [-0.25, -0.2) is 0 Å². The molecule has 2 atom stereocenters. The van der Waals surface area contributed by atoms with Gasteiger partial charge in [-0.05, 0) is 25.5 Å². The van der Waals surface area contributed by atoms with Crippen LogP contribution in [-0.4, -0.2) is 32.9 Å². The van der Waals surface area contributed by atoms with E-state index in [2.05, 4.69) is 17.9 Å². The zero-order valence-electron chi connectivity index (χ0n) is 12.1. The fourth-order valence-electron chi connectivity index (χ4n) is 2.73. The summed E-state index contributed by atoms with van der Waals surface area (Å²) in [7, 11) is 1.70. The molecular formula is C15H24N2O2. The van der Waals surface area contributed by atoms with Crippen LogP contribution in [0.4, 0.5) is 5.69 Å². The summed E-state index contributed by atoms with van der Waals surface area (Å²) in [5.74, 6) is 0.869. The molecule has 1 aromatic carbocycles. The average molecular weight is 264 g/mol. The summed E-state index contributed by atoms with van der Waals surface area (Å²) < 4.78 is 11.0. The third kappa shape index (κ3) is 2.85. The van der Waals surface area contributed by atoms with Gasteiger partial charge >= 0.3 is 0 Å². The van der Waals surface area contributed by atoms with Gasteiger partial charge in [-0.2, -0.15) is 0 Å². The second-order valence-electron chi connectivity index (χ2n) is 5.01. The van der Waals surface area contributed by atoms with Gasteiger partial charge in [-0.15, -0.1) is 0 Å². The van der Waals surface area contributed by atoms with E-state index in [0.29, 0.717) is 6.04 Å². The van der Waals surface area contributed by atoms with E-state index in [9.17, 15) is 0 Å². The van der Waals surface area contributed by atoms with Crippen molar-refractivity contribution < 1.29 is 9.47 Å². The second kappa shape index (κ2) is 6.26. The van der Waals surface area contributed by atoms with Crippen LogP contribution in [0.1, 0.15) is 31.9 Å². The number of nitrogens with two attached hydrogens (primary N) is 1. The highest BCUT2D eigenvalue weighted by Crippen LogP contribution is 2.35. The fourth-order valence-corrected chi connectivity index (χ4v) is 2.73. The Labute approximate surface area is 115 Å². The summed E-state index contributed by atoms with van der Waals surface area (Å²) in [6.45, 7) is 6.66. The molecule has 0 bridgehead atoms. The minimum Gasteiger partial charge on any atom is -0.496 e. The quantitative estimate of drug-likeness (QED) is 0.906. The van der Waals surface area contributed by atoms with Crippen LogP contribution in [0.3, 0.4) is 0 Å². The molecule has 1 heterocycles. The maximum Gasteiger partial charge on any atom is 0.125 e. The number of nitrogens with zero attached hydrogens (tertiary/aromatic N) is 1. The number of rotatable bonds is 4. The zero-order valence-corrected chi connectivity index (χ0v) is 12.1. The van der Waals surface area contributed by atoms with Gasteiger partial charge in [0.15, 0.2) is 0 Å². The smallest absolute Gasteiger partial charge is 0.125 e. The number of morpholine rings is 1. The number of hydrogen-bond acceptors (Lipinski definition) is 4. The largest absolute Gasteiger partial charge is 0.496 e. The number of benzene rings is 1. The van der Waals surface area contributed by atoms with Crippen molar-refractivity contribution in [2.75, 3.05) is 31.8 Å². The lowest BCUT2D eigenvalue weighted by Gasteiger charge is -2.38. The lowest BCUT2D eigenvalue weighted by Crippen LogP contribution is -2.45. The minimum absolute atomic E-state index is 0.0495. The summed E-state index contributed by atoms with van der Waals surface area (Å²) in [6.07, 6.45) is 1.07. The Kier molecular flexibility index (Phi) is 4.66. The first-order valence-electron chi connectivity index (χ1n) is 6.95. The van der Waals surface area contributed by atoms with Crippen LogP contribution in [0.5, 0.6) is 5.75 Å². The lowest BCUT2D eigenvalue weighted by atomic mass is 10.0. The zero-order chi connectivity index (χ0) is 13.8. The Bertz CT molecular complexity index is 421. The van der Waals surface area contributed by atoms with E-state index in [1.165, 1.54) is 5.69 Å². The van der Waals surface area contributed by atoms with Crippen LogP contribution >= 0.6 is 0 Å². The standard InChI is InChI=1S/C15H24N2O2/c1-4-12-10-19-9-8-17(12)13-6-5-7-14(18-3)15(13)11(2)16/h5-7,11-12H,4,8-10,16H2,1-3H3/t11-,12?/m0/s1. The number of hydrogen-bond donors (Lipinski definition) is 1. The summed E-state index contributed by atoms with van der Waals surface area (Å²) >= 11 is 0. The van der Waals surface area contributed by atoms with E-state index in [1.54, 1.807) is 7.11 Å². The average Bonchev–Trinajstić information content (AvgIpc) is 2.46. The van der Waals surface area contributed by atoms with E-state index in [4.69, 9.17) is 15.2 Å². The normalized spacial score (nSPS) is 21.3. The number of methoxy groups -OCH3 is 1. The molecule has 2 N–H and O–H groups in total. The van der Waals surface area contributed by atoms with Crippen LogP contribution in [-0.2, 0) is 4.74 Å². The van der Waals surface area contributed by atoms with Gasteiger partial charge in [0.2, 0.25) is 0 Å². The van der Waals surface area contributed by atoms with E-state index in [1.807, 2.05) is 19.1 Å². The Balaban J connectivity index is 2.42. The van der Waals surface area contributed by atoms with E-state index < -0.39 is 0 Å². The molecule has 0 radical (unpaired) electrons.